The minimum absolute atomic E-state index is 0.139. The Kier molecular flexibility index (Phi) is 4.60. The average Bonchev–Trinajstić information content (AvgIpc) is 2.73. The number of phenols is 1. The normalized spacial score (nSPS) is 11.2. The molecule has 0 aliphatic heterocycles. The van der Waals surface area contributed by atoms with Gasteiger partial charge in [0, 0.05) is 17.7 Å². The molecule has 6 nitrogen and oxygen atoms in total. The molecule has 0 fully saturated rings. The van der Waals surface area contributed by atoms with E-state index in [-0.39, 0.29) is 22.4 Å². The van der Waals surface area contributed by atoms with Crippen molar-refractivity contribution in [2.75, 3.05) is 7.11 Å². The van der Waals surface area contributed by atoms with Gasteiger partial charge in [-0.3, -0.25) is 4.79 Å². The molecule has 3 aromatic carbocycles. The Morgan fingerprint density at radius 3 is 2.39 bits per heavy atom. The molecule has 28 heavy (non-hydrogen) atoms. The minimum Gasteiger partial charge on any atom is -0.505 e. The standard InChI is InChI=1S/C22H16N2O4/c1-27-20-10-6-5-9-16(20)23-24-17-11-15-18(25)12-21(14-7-3-2-4-8-14)28-22(15)13-19(17)26/h2-13,26H,1H3. The first-order valence-corrected chi connectivity index (χ1v) is 8.57. The largest absolute Gasteiger partial charge is 0.505 e. The molecule has 0 aliphatic rings. The summed E-state index contributed by atoms with van der Waals surface area (Å²) in [4.78, 5) is 12.6. The van der Waals surface area contributed by atoms with Crippen LogP contribution in [0.5, 0.6) is 11.5 Å². The van der Waals surface area contributed by atoms with Crippen molar-refractivity contribution in [3.63, 3.8) is 0 Å². The number of benzene rings is 3. The van der Waals surface area contributed by atoms with E-state index < -0.39 is 0 Å². The molecular formula is C22H16N2O4. The molecule has 0 spiro atoms. The van der Waals surface area contributed by atoms with Crippen molar-refractivity contribution in [1.29, 1.82) is 0 Å². The Balaban J connectivity index is 1.78. The van der Waals surface area contributed by atoms with Gasteiger partial charge in [-0.2, -0.15) is 0 Å². The van der Waals surface area contributed by atoms with Crippen molar-refractivity contribution < 1.29 is 14.3 Å². The lowest BCUT2D eigenvalue weighted by molar-refractivity contribution is 0.416. The molecule has 0 radical (unpaired) electrons. The summed E-state index contributed by atoms with van der Waals surface area (Å²) < 4.78 is 11.0. The molecule has 0 saturated heterocycles. The van der Waals surface area contributed by atoms with E-state index in [0.717, 1.165) is 5.56 Å². The maximum atomic E-state index is 12.6. The Bertz CT molecular complexity index is 1230. The molecule has 0 saturated carbocycles. The van der Waals surface area contributed by atoms with E-state index in [2.05, 4.69) is 10.2 Å². The van der Waals surface area contributed by atoms with Crippen LogP contribution in [0, 0.1) is 0 Å². The van der Waals surface area contributed by atoms with Gasteiger partial charge in [0.2, 0.25) is 0 Å². The van der Waals surface area contributed by atoms with Crippen LogP contribution < -0.4 is 10.2 Å². The highest BCUT2D eigenvalue weighted by Gasteiger charge is 2.11. The fourth-order valence-corrected chi connectivity index (χ4v) is 2.82. The van der Waals surface area contributed by atoms with Gasteiger partial charge in [0.15, 0.2) is 5.43 Å². The first kappa shape index (κ1) is 17.5. The zero-order valence-electron chi connectivity index (χ0n) is 15.0. The molecule has 0 aliphatic carbocycles. The van der Waals surface area contributed by atoms with Gasteiger partial charge < -0.3 is 14.3 Å². The first-order valence-electron chi connectivity index (χ1n) is 8.57. The number of para-hydroxylation sites is 1. The number of ether oxygens (including phenoxy) is 1. The second-order valence-electron chi connectivity index (χ2n) is 6.05. The topological polar surface area (TPSA) is 84.4 Å². The van der Waals surface area contributed by atoms with Crippen LogP contribution in [0.3, 0.4) is 0 Å². The summed E-state index contributed by atoms with van der Waals surface area (Å²) in [7, 11) is 1.54. The summed E-state index contributed by atoms with van der Waals surface area (Å²) >= 11 is 0. The number of rotatable bonds is 4. The summed E-state index contributed by atoms with van der Waals surface area (Å²) in [5.74, 6) is 0.846. The lowest BCUT2D eigenvalue weighted by Crippen LogP contribution is -2.00. The number of nitrogens with zero attached hydrogens (tertiary/aromatic N) is 2. The predicted molar refractivity (Wildman–Crippen MR) is 107 cm³/mol. The SMILES string of the molecule is COc1ccccc1N=Nc1cc2c(=O)cc(-c3ccccc3)oc2cc1O. The van der Waals surface area contributed by atoms with E-state index in [9.17, 15) is 9.90 Å². The van der Waals surface area contributed by atoms with Crippen molar-refractivity contribution in [2.45, 2.75) is 0 Å². The highest BCUT2D eigenvalue weighted by atomic mass is 16.5. The van der Waals surface area contributed by atoms with Gasteiger partial charge in [0.1, 0.15) is 34.2 Å². The lowest BCUT2D eigenvalue weighted by atomic mass is 10.1. The smallest absolute Gasteiger partial charge is 0.193 e. The van der Waals surface area contributed by atoms with Gasteiger partial charge in [-0.25, -0.2) is 0 Å². The van der Waals surface area contributed by atoms with Crippen molar-refractivity contribution in [1.82, 2.24) is 0 Å². The van der Waals surface area contributed by atoms with Crippen LogP contribution in [0.4, 0.5) is 11.4 Å². The number of azo groups is 1. The minimum atomic E-state index is -0.228. The summed E-state index contributed by atoms with van der Waals surface area (Å²) in [5.41, 5.74) is 1.50. The van der Waals surface area contributed by atoms with Gasteiger partial charge in [0.05, 0.1) is 12.5 Å². The highest BCUT2D eigenvalue weighted by molar-refractivity contribution is 5.84. The zero-order valence-corrected chi connectivity index (χ0v) is 15.0. The quantitative estimate of drug-likeness (QED) is 0.473. The van der Waals surface area contributed by atoms with E-state index in [1.165, 1.54) is 25.3 Å². The fraction of sp³-hybridized carbons (Fsp3) is 0.0455. The number of fused-ring (bicyclic) bond motifs is 1. The third-order valence-corrected chi connectivity index (χ3v) is 4.23. The van der Waals surface area contributed by atoms with Crippen molar-refractivity contribution in [3.8, 4) is 22.8 Å². The maximum absolute atomic E-state index is 12.6. The summed E-state index contributed by atoms with van der Waals surface area (Å²) in [6.07, 6.45) is 0. The molecule has 138 valence electrons. The van der Waals surface area contributed by atoms with Gasteiger partial charge in [-0.15, -0.1) is 10.2 Å². The van der Waals surface area contributed by atoms with E-state index in [1.54, 1.807) is 18.2 Å². The molecule has 0 bridgehead atoms. The van der Waals surface area contributed by atoms with Gasteiger partial charge in [-0.1, -0.05) is 42.5 Å². The Labute approximate surface area is 160 Å². The first-order chi connectivity index (χ1) is 13.7. The monoisotopic (exact) mass is 372 g/mol. The molecule has 0 amide bonds. The molecule has 6 heteroatoms. The Hall–Kier alpha value is -3.93. The van der Waals surface area contributed by atoms with E-state index >= 15 is 0 Å². The third-order valence-electron chi connectivity index (χ3n) is 4.23. The third kappa shape index (κ3) is 3.35. The number of hydrogen-bond donors (Lipinski definition) is 1. The molecular weight excluding hydrogens is 356 g/mol. The highest BCUT2D eigenvalue weighted by Crippen LogP contribution is 2.35. The molecule has 1 aromatic heterocycles. The second kappa shape index (κ2) is 7.36. The summed E-state index contributed by atoms with van der Waals surface area (Å²) in [6.45, 7) is 0. The van der Waals surface area contributed by atoms with Gasteiger partial charge in [-0.05, 0) is 18.2 Å². The molecule has 0 unspecified atom stereocenters. The molecule has 0 atom stereocenters. The molecule has 1 heterocycles. The lowest BCUT2D eigenvalue weighted by Gasteiger charge is -2.05. The van der Waals surface area contributed by atoms with Gasteiger partial charge in [0.25, 0.3) is 0 Å². The fourth-order valence-electron chi connectivity index (χ4n) is 2.82. The maximum Gasteiger partial charge on any atom is 0.193 e. The Morgan fingerprint density at radius 1 is 0.893 bits per heavy atom. The molecule has 4 rings (SSSR count). The summed E-state index contributed by atoms with van der Waals surface area (Å²) in [6, 6.07) is 20.7. The van der Waals surface area contributed by atoms with E-state index in [0.29, 0.717) is 22.6 Å². The van der Waals surface area contributed by atoms with Crippen molar-refractivity contribution in [2.24, 2.45) is 10.2 Å². The zero-order chi connectivity index (χ0) is 19.5. The number of methoxy groups -OCH3 is 1. The summed E-state index contributed by atoms with van der Waals surface area (Å²) in [5, 5.41) is 18.8. The van der Waals surface area contributed by atoms with Gasteiger partial charge >= 0.3 is 0 Å². The second-order valence-corrected chi connectivity index (χ2v) is 6.05. The Morgan fingerprint density at radius 2 is 1.61 bits per heavy atom. The van der Waals surface area contributed by atoms with Crippen molar-refractivity contribution >= 4 is 22.3 Å². The van der Waals surface area contributed by atoms with Crippen LogP contribution in [0.2, 0.25) is 0 Å². The van der Waals surface area contributed by atoms with Crippen molar-refractivity contribution in [3.05, 3.63) is 83.0 Å². The van der Waals surface area contributed by atoms with Crippen LogP contribution in [-0.2, 0) is 0 Å². The number of aromatic hydroxyl groups is 1. The van der Waals surface area contributed by atoms with E-state index in [4.69, 9.17) is 9.15 Å². The number of phenolic OH excluding ortho intramolecular Hbond substituents is 1. The molecule has 1 N–H and O–H groups in total. The van der Waals surface area contributed by atoms with Crippen LogP contribution in [0.25, 0.3) is 22.3 Å². The number of hydrogen-bond acceptors (Lipinski definition) is 6. The van der Waals surface area contributed by atoms with Crippen LogP contribution in [-0.4, -0.2) is 12.2 Å². The average molecular weight is 372 g/mol. The molecule has 4 aromatic rings. The van der Waals surface area contributed by atoms with Crippen LogP contribution in [0.1, 0.15) is 0 Å². The van der Waals surface area contributed by atoms with E-state index in [1.807, 2.05) is 36.4 Å². The van der Waals surface area contributed by atoms with Crippen LogP contribution in [0.15, 0.2) is 92.2 Å². The predicted octanol–water partition coefficient (Wildman–Crippen LogP) is 5.59. The van der Waals surface area contributed by atoms with Crippen LogP contribution >= 0.6 is 0 Å².